The Labute approximate surface area is 87.9 Å². The lowest BCUT2D eigenvalue weighted by atomic mass is 10.0. The normalized spacial score (nSPS) is 12.2. The molecular formula is C11H11ClO2. The quantitative estimate of drug-likeness (QED) is 0.437. The molecule has 0 fully saturated rings. The Morgan fingerprint density at radius 3 is 2.64 bits per heavy atom. The van der Waals surface area contributed by atoms with Crippen LogP contribution in [0, 0.1) is 6.92 Å². The van der Waals surface area contributed by atoms with Crippen LogP contribution in [0.25, 0.3) is 0 Å². The lowest BCUT2D eigenvalue weighted by molar-refractivity contribution is 0.0985. The molecule has 0 aliphatic carbocycles. The summed E-state index contributed by atoms with van der Waals surface area (Å²) in [4.78, 5) is 22.3. The van der Waals surface area contributed by atoms with Gasteiger partial charge in [-0.15, -0.1) is 11.6 Å². The van der Waals surface area contributed by atoms with E-state index in [9.17, 15) is 9.59 Å². The number of carbonyl (C=O) groups is 2. The Kier molecular flexibility index (Phi) is 3.42. The number of carbonyl (C=O) groups excluding carboxylic acids is 2. The average Bonchev–Trinajstić information content (AvgIpc) is 2.16. The van der Waals surface area contributed by atoms with E-state index in [2.05, 4.69) is 0 Å². The molecule has 0 radical (unpaired) electrons. The maximum atomic E-state index is 11.5. The largest absolute Gasteiger partial charge is 0.298 e. The highest BCUT2D eigenvalue weighted by molar-refractivity contribution is 6.34. The number of ketones is 1. The van der Waals surface area contributed by atoms with E-state index in [4.69, 9.17) is 11.6 Å². The number of hydrogen-bond donors (Lipinski definition) is 0. The minimum atomic E-state index is -0.601. The number of alkyl halides is 1. The van der Waals surface area contributed by atoms with Crippen molar-refractivity contribution < 1.29 is 9.59 Å². The molecule has 14 heavy (non-hydrogen) atoms. The third-order valence-electron chi connectivity index (χ3n) is 1.96. The summed E-state index contributed by atoms with van der Waals surface area (Å²) in [6.45, 7) is 3.46. The maximum absolute atomic E-state index is 11.5. The SMILES string of the molecule is Cc1ccc(C(=O)C(C)Cl)c(C=O)c1. The standard InChI is InChI=1S/C11H11ClO2/c1-7-3-4-10(9(5-7)6-13)11(14)8(2)12/h3-6,8H,1-2H3. The molecule has 0 spiro atoms. The molecule has 1 rings (SSSR count). The Balaban J connectivity index is 3.20. The Morgan fingerprint density at radius 2 is 2.14 bits per heavy atom. The van der Waals surface area contributed by atoms with E-state index < -0.39 is 5.38 Å². The smallest absolute Gasteiger partial charge is 0.181 e. The lowest BCUT2D eigenvalue weighted by Crippen LogP contribution is -2.13. The monoisotopic (exact) mass is 210 g/mol. The summed E-state index contributed by atoms with van der Waals surface area (Å²) in [6, 6.07) is 5.11. The zero-order valence-corrected chi connectivity index (χ0v) is 8.84. The third kappa shape index (κ3) is 2.20. The van der Waals surface area contributed by atoms with Crippen LogP contribution < -0.4 is 0 Å². The minimum Gasteiger partial charge on any atom is -0.298 e. The van der Waals surface area contributed by atoms with Crippen molar-refractivity contribution in [2.45, 2.75) is 19.2 Å². The van der Waals surface area contributed by atoms with E-state index in [-0.39, 0.29) is 5.78 Å². The lowest BCUT2D eigenvalue weighted by Gasteiger charge is -2.05. The van der Waals surface area contributed by atoms with E-state index in [0.717, 1.165) is 5.56 Å². The fraction of sp³-hybridized carbons (Fsp3) is 0.273. The first kappa shape index (κ1) is 10.9. The summed E-state index contributed by atoms with van der Waals surface area (Å²) in [7, 11) is 0. The molecule has 3 heteroatoms. The van der Waals surface area contributed by atoms with Crippen LogP contribution in [0.2, 0.25) is 0 Å². The van der Waals surface area contributed by atoms with Crippen LogP contribution in [0.3, 0.4) is 0 Å². The molecule has 1 atom stereocenters. The van der Waals surface area contributed by atoms with Crippen molar-refractivity contribution >= 4 is 23.7 Å². The second-order valence-electron chi connectivity index (χ2n) is 3.19. The molecule has 0 heterocycles. The molecule has 0 bridgehead atoms. The Morgan fingerprint density at radius 1 is 1.50 bits per heavy atom. The molecule has 0 saturated carbocycles. The molecule has 0 N–H and O–H groups in total. The van der Waals surface area contributed by atoms with E-state index in [1.54, 1.807) is 25.1 Å². The van der Waals surface area contributed by atoms with Crippen LogP contribution in [0.5, 0.6) is 0 Å². The molecule has 0 aliphatic rings. The van der Waals surface area contributed by atoms with Crippen LogP contribution in [-0.2, 0) is 0 Å². The Bertz CT molecular complexity index is 370. The van der Waals surface area contributed by atoms with Gasteiger partial charge >= 0.3 is 0 Å². The first-order valence-electron chi connectivity index (χ1n) is 4.30. The number of rotatable bonds is 3. The average molecular weight is 211 g/mol. The predicted molar refractivity (Wildman–Crippen MR) is 56.2 cm³/mol. The minimum absolute atomic E-state index is 0.214. The van der Waals surface area contributed by atoms with Crippen molar-refractivity contribution in [2.75, 3.05) is 0 Å². The van der Waals surface area contributed by atoms with Gasteiger partial charge < -0.3 is 0 Å². The van der Waals surface area contributed by atoms with E-state index >= 15 is 0 Å². The van der Waals surface area contributed by atoms with Crippen molar-refractivity contribution in [3.63, 3.8) is 0 Å². The van der Waals surface area contributed by atoms with Gasteiger partial charge in [0.1, 0.15) is 0 Å². The highest BCUT2D eigenvalue weighted by atomic mass is 35.5. The van der Waals surface area contributed by atoms with Gasteiger partial charge in [0.2, 0.25) is 0 Å². The molecule has 1 unspecified atom stereocenters. The number of aryl methyl sites for hydroxylation is 1. The van der Waals surface area contributed by atoms with Crippen LogP contribution in [0.1, 0.15) is 33.2 Å². The number of Topliss-reactive ketones (excluding diaryl/α,β-unsaturated/α-hetero) is 1. The summed E-state index contributed by atoms with van der Waals surface area (Å²) in [5.41, 5.74) is 1.75. The number of hydrogen-bond acceptors (Lipinski definition) is 2. The van der Waals surface area contributed by atoms with Gasteiger partial charge in [0.25, 0.3) is 0 Å². The fourth-order valence-corrected chi connectivity index (χ4v) is 1.34. The summed E-state index contributed by atoms with van der Waals surface area (Å²) in [5, 5.41) is -0.601. The summed E-state index contributed by atoms with van der Waals surface area (Å²) in [6.07, 6.45) is 0.680. The molecule has 2 nitrogen and oxygen atoms in total. The highest BCUT2D eigenvalue weighted by Gasteiger charge is 2.15. The van der Waals surface area contributed by atoms with Crippen LogP contribution in [0.4, 0.5) is 0 Å². The van der Waals surface area contributed by atoms with Gasteiger partial charge in [0.05, 0.1) is 5.38 Å². The van der Waals surface area contributed by atoms with Gasteiger partial charge in [-0.3, -0.25) is 9.59 Å². The van der Waals surface area contributed by atoms with Crippen molar-refractivity contribution in [1.29, 1.82) is 0 Å². The third-order valence-corrected chi connectivity index (χ3v) is 2.16. The summed E-state index contributed by atoms with van der Waals surface area (Å²) in [5.74, 6) is -0.214. The number of benzene rings is 1. The van der Waals surface area contributed by atoms with E-state index in [1.165, 1.54) is 0 Å². The molecule has 1 aromatic rings. The van der Waals surface area contributed by atoms with E-state index in [1.807, 2.05) is 6.92 Å². The Hall–Kier alpha value is -1.15. The summed E-state index contributed by atoms with van der Waals surface area (Å²) < 4.78 is 0. The van der Waals surface area contributed by atoms with Gasteiger partial charge in [0, 0.05) is 11.1 Å². The van der Waals surface area contributed by atoms with Gasteiger partial charge in [-0.2, -0.15) is 0 Å². The van der Waals surface area contributed by atoms with Gasteiger partial charge in [0.15, 0.2) is 12.1 Å². The zero-order valence-electron chi connectivity index (χ0n) is 8.08. The molecule has 0 saturated heterocycles. The van der Waals surface area contributed by atoms with Crippen molar-refractivity contribution in [3.05, 3.63) is 34.9 Å². The first-order chi connectivity index (χ1) is 6.56. The van der Waals surface area contributed by atoms with Crippen molar-refractivity contribution in [3.8, 4) is 0 Å². The molecule has 0 aromatic heterocycles. The number of aldehydes is 1. The number of halogens is 1. The topological polar surface area (TPSA) is 34.1 Å². The van der Waals surface area contributed by atoms with Gasteiger partial charge in [-0.1, -0.05) is 17.7 Å². The molecule has 0 amide bonds. The predicted octanol–water partition coefficient (Wildman–Crippen LogP) is 2.62. The van der Waals surface area contributed by atoms with Gasteiger partial charge in [-0.25, -0.2) is 0 Å². The first-order valence-corrected chi connectivity index (χ1v) is 4.74. The van der Waals surface area contributed by atoms with E-state index in [0.29, 0.717) is 17.4 Å². The molecule has 74 valence electrons. The zero-order chi connectivity index (χ0) is 10.7. The van der Waals surface area contributed by atoms with Crippen molar-refractivity contribution in [1.82, 2.24) is 0 Å². The summed E-state index contributed by atoms with van der Waals surface area (Å²) >= 11 is 5.67. The highest BCUT2D eigenvalue weighted by Crippen LogP contribution is 2.14. The van der Waals surface area contributed by atoms with Crippen LogP contribution >= 0.6 is 11.6 Å². The van der Waals surface area contributed by atoms with Crippen LogP contribution in [-0.4, -0.2) is 17.4 Å². The van der Waals surface area contributed by atoms with Crippen LogP contribution in [0.15, 0.2) is 18.2 Å². The molecule has 1 aromatic carbocycles. The fourth-order valence-electron chi connectivity index (χ4n) is 1.22. The van der Waals surface area contributed by atoms with Crippen molar-refractivity contribution in [2.24, 2.45) is 0 Å². The molecular weight excluding hydrogens is 200 g/mol. The second kappa shape index (κ2) is 4.38. The second-order valence-corrected chi connectivity index (χ2v) is 3.84. The maximum Gasteiger partial charge on any atom is 0.181 e. The van der Waals surface area contributed by atoms with Gasteiger partial charge in [-0.05, 0) is 19.9 Å². The molecule has 0 aliphatic heterocycles.